The fourth-order valence-electron chi connectivity index (χ4n) is 3.44. The van der Waals surface area contributed by atoms with Gasteiger partial charge in [0.25, 0.3) is 12.3 Å². The Balaban J connectivity index is 1.53. The highest BCUT2D eigenvalue weighted by Crippen LogP contribution is 2.30. The average molecular weight is 458 g/mol. The van der Waals surface area contributed by atoms with Crippen molar-refractivity contribution in [3.63, 3.8) is 0 Å². The van der Waals surface area contributed by atoms with Gasteiger partial charge in [-0.15, -0.1) is 5.10 Å². The topological polar surface area (TPSA) is 72.3 Å². The van der Waals surface area contributed by atoms with Gasteiger partial charge in [0.05, 0.1) is 5.69 Å². The molecule has 0 bridgehead atoms. The van der Waals surface area contributed by atoms with Gasteiger partial charge in [-0.3, -0.25) is 4.79 Å². The maximum absolute atomic E-state index is 13.1. The number of hydrogen-bond acceptors (Lipinski definition) is 5. The normalized spacial score (nSPS) is 15.8. The molecular formula is C22H21F2N5O2S. The van der Waals surface area contributed by atoms with E-state index in [1.807, 2.05) is 54.6 Å². The van der Waals surface area contributed by atoms with Crippen LogP contribution in [0.15, 0.2) is 54.6 Å². The van der Waals surface area contributed by atoms with Crippen molar-refractivity contribution in [3.05, 3.63) is 71.8 Å². The Morgan fingerprint density at radius 3 is 2.69 bits per heavy atom. The zero-order valence-corrected chi connectivity index (χ0v) is 18.1. The van der Waals surface area contributed by atoms with Crippen molar-refractivity contribution in [1.29, 1.82) is 0 Å². The van der Waals surface area contributed by atoms with Crippen LogP contribution in [0.25, 0.3) is 0 Å². The second kappa shape index (κ2) is 9.39. The molecule has 3 aromatic rings. The maximum Gasteiger partial charge on any atom is 0.291 e. The number of para-hydroxylation sites is 2. The number of hydrogen-bond donors (Lipinski definition) is 1. The highest BCUT2D eigenvalue weighted by molar-refractivity contribution is 7.80. The first-order valence-corrected chi connectivity index (χ1v) is 10.4. The molecule has 4 rings (SSSR count). The van der Waals surface area contributed by atoms with Gasteiger partial charge in [-0.1, -0.05) is 54.7 Å². The van der Waals surface area contributed by atoms with E-state index in [0.717, 1.165) is 15.9 Å². The number of carbonyl (C=O) groups excluding carboxylic acids is 1. The van der Waals surface area contributed by atoms with Crippen molar-refractivity contribution in [2.45, 2.75) is 25.4 Å². The zero-order chi connectivity index (χ0) is 22.7. The molecule has 0 fully saturated rings. The molecule has 1 aromatic heterocycles. The standard InChI is InChI=1S/C22H21F2N5O2S/c1-28-16-9-5-6-10-17(16)31-13-15(22(28)32)25-21(30)20-26-19(29(27-20)12-18(23)24)11-14-7-3-2-4-8-14/h2-10,15,18H,11-13H2,1H3,(H,25,30)/t15-/m0/s1. The smallest absolute Gasteiger partial charge is 0.291 e. The van der Waals surface area contributed by atoms with Crippen molar-refractivity contribution in [3.8, 4) is 5.75 Å². The molecule has 166 valence electrons. The number of nitrogens with zero attached hydrogens (tertiary/aromatic N) is 4. The maximum atomic E-state index is 13.1. The summed E-state index contributed by atoms with van der Waals surface area (Å²) in [6, 6.07) is 16.1. The Labute approximate surface area is 189 Å². The predicted octanol–water partition coefficient (Wildman–Crippen LogP) is 3.09. The van der Waals surface area contributed by atoms with Gasteiger partial charge in [-0.05, 0) is 17.7 Å². The third-order valence-corrected chi connectivity index (χ3v) is 5.59. The summed E-state index contributed by atoms with van der Waals surface area (Å²) < 4.78 is 33.0. The lowest BCUT2D eigenvalue weighted by molar-refractivity contribution is 0.0923. The Hall–Kier alpha value is -3.40. The second-order valence-electron chi connectivity index (χ2n) is 7.29. The van der Waals surface area contributed by atoms with Crippen LogP contribution in [0, 0.1) is 0 Å². The van der Waals surface area contributed by atoms with Crippen molar-refractivity contribution in [1.82, 2.24) is 20.1 Å². The number of amides is 1. The zero-order valence-electron chi connectivity index (χ0n) is 17.2. The number of ether oxygens (including phenoxy) is 1. The minimum absolute atomic E-state index is 0.126. The summed E-state index contributed by atoms with van der Waals surface area (Å²) >= 11 is 5.54. The highest BCUT2D eigenvalue weighted by atomic mass is 32.1. The van der Waals surface area contributed by atoms with Crippen LogP contribution in [0.4, 0.5) is 14.5 Å². The summed E-state index contributed by atoms with van der Waals surface area (Å²) in [7, 11) is 1.79. The first-order chi connectivity index (χ1) is 15.4. The molecule has 0 spiro atoms. The third kappa shape index (κ3) is 4.75. The van der Waals surface area contributed by atoms with Gasteiger partial charge in [-0.25, -0.2) is 18.4 Å². The lowest BCUT2D eigenvalue weighted by Crippen LogP contribution is -2.48. The van der Waals surface area contributed by atoms with Crippen molar-refractivity contribution >= 4 is 28.8 Å². The minimum atomic E-state index is -2.63. The van der Waals surface area contributed by atoms with E-state index in [-0.39, 0.29) is 24.7 Å². The molecule has 0 saturated heterocycles. The van der Waals surface area contributed by atoms with Crippen LogP contribution in [0.1, 0.15) is 22.0 Å². The fourth-order valence-corrected chi connectivity index (χ4v) is 3.66. The lowest BCUT2D eigenvalue weighted by Gasteiger charge is -2.23. The third-order valence-electron chi connectivity index (χ3n) is 5.03. The monoisotopic (exact) mass is 457 g/mol. The molecule has 1 N–H and O–H groups in total. The molecule has 0 radical (unpaired) electrons. The SMILES string of the molecule is CN1C(=S)[C@@H](NC(=O)c2nc(Cc3ccccc3)n(CC(F)F)n2)COc2ccccc21. The van der Waals surface area contributed by atoms with Crippen LogP contribution < -0.4 is 15.0 Å². The minimum Gasteiger partial charge on any atom is -0.489 e. The number of halogens is 2. The van der Waals surface area contributed by atoms with Crippen molar-refractivity contribution in [2.75, 3.05) is 18.6 Å². The molecule has 1 amide bonds. The van der Waals surface area contributed by atoms with Crippen LogP contribution in [-0.4, -0.2) is 51.8 Å². The summed E-state index contributed by atoms with van der Waals surface area (Å²) in [5.41, 5.74) is 1.67. The number of benzene rings is 2. The van der Waals surface area contributed by atoms with Gasteiger partial charge in [0.15, 0.2) is 0 Å². The van der Waals surface area contributed by atoms with Gasteiger partial charge in [0.2, 0.25) is 5.82 Å². The molecular weight excluding hydrogens is 436 g/mol. The van der Waals surface area contributed by atoms with Crippen LogP contribution in [0.5, 0.6) is 5.75 Å². The molecule has 32 heavy (non-hydrogen) atoms. The molecule has 7 nitrogen and oxygen atoms in total. The fraction of sp³-hybridized carbons (Fsp3) is 0.273. The summed E-state index contributed by atoms with van der Waals surface area (Å²) in [5, 5.41) is 6.81. The Bertz CT molecular complexity index is 1120. The number of nitrogens with one attached hydrogen (secondary N) is 1. The number of carbonyl (C=O) groups is 1. The number of alkyl halides is 2. The number of aromatic nitrogens is 3. The highest BCUT2D eigenvalue weighted by Gasteiger charge is 2.29. The van der Waals surface area contributed by atoms with Gasteiger partial charge in [0.1, 0.15) is 35.8 Å². The molecule has 0 aliphatic carbocycles. The summed E-state index contributed by atoms with van der Waals surface area (Å²) in [6.07, 6.45) is -2.35. The average Bonchev–Trinajstić information content (AvgIpc) is 3.13. The van der Waals surface area contributed by atoms with E-state index in [1.54, 1.807) is 11.9 Å². The molecule has 1 aliphatic rings. The van der Waals surface area contributed by atoms with E-state index in [0.29, 0.717) is 10.7 Å². The van der Waals surface area contributed by atoms with Gasteiger partial charge in [-0.2, -0.15) is 0 Å². The van der Waals surface area contributed by atoms with Crippen LogP contribution in [0.2, 0.25) is 0 Å². The van der Waals surface area contributed by atoms with Crippen molar-refractivity contribution < 1.29 is 18.3 Å². The van der Waals surface area contributed by atoms with Crippen LogP contribution in [-0.2, 0) is 13.0 Å². The van der Waals surface area contributed by atoms with E-state index >= 15 is 0 Å². The largest absolute Gasteiger partial charge is 0.489 e. The number of fused-ring (bicyclic) bond motifs is 1. The van der Waals surface area contributed by atoms with Crippen LogP contribution >= 0.6 is 12.2 Å². The first kappa shape index (κ1) is 21.8. The molecule has 1 aliphatic heterocycles. The van der Waals surface area contributed by atoms with Gasteiger partial charge < -0.3 is 15.0 Å². The van der Waals surface area contributed by atoms with E-state index < -0.39 is 24.9 Å². The van der Waals surface area contributed by atoms with Crippen molar-refractivity contribution in [2.24, 2.45) is 0 Å². The first-order valence-electron chi connectivity index (χ1n) is 9.98. The van der Waals surface area contributed by atoms with E-state index in [4.69, 9.17) is 17.0 Å². The second-order valence-corrected chi connectivity index (χ2v) is 7.71. The molecule has 1 atom stereocenters. The summed E-state index contributed by atoms with van der Waals surface area (Å²) in [5.74, 6) is 0.135. The Kier molecular flexibility index (Phi) is 6.40. The quantitative estimate of drug-likeness (QED) is 0.574. The Morgan fingerprint density at radius 1 is 1.22 bits per heavy atom. The number of anilines is 1. The lowest BCUT2D eigenvalue weighted by atomic mass is 10.1. The Morgan fingerprint density at radius 2 is 1.94 bits per heavy atom. The molecule has 10 heteroatoms. The molecule has 2 aromatic carbocycles. The molecule has 2 heterocycles. The predicted molar refractivity (Wildman–Crippen MR) is 119 cm³/mol. The summed E-state index contributed by atoms with van der Waals surface area (Å²) in [4.78, 5) is 19.4. The van der Waals surface area contributed by atoms with Gasteiger partial charge in [0, 0.05) is 13.5 Å². The molecule has 0 unspecified atom stereocenters. The number of rotatable bonds is 6. The van der Waals surface area contributed by atoms with Crippen LogP contribution in [0.3, 0.4) is 0 Å². The number of thiocarbonyl (C=S) groups is 1. The van der Waals surface area contributed by atoms with Gasteiger partial charge >= 0.3 is 0 Å². The van der Waals surface area contributed by atoms with E-state index in [2.05, 4.69) is 15.4 Å². The number of likely N-dealkylation sites (N-methyl/N-ethyl adjacent to an activating group) is 1. The molecule has 0 saturated carbocycles. The van der Waals surface area contributed by atoms with E-state index in [1.165, 1.54) is 0 Å². The van der Waals surface area contributed by atoms with E-state index in [9.17, 15) is 13.6 Å². The summed E-state index contributed by atoms with van der Waals surface area (Å²) in [6.45, 7) is -0.522.